The topological polar surface area (TPSA) is 53.5 Å². The van der Waals surface area contributed by atoms with Gasteiger partial charge in [-0.05, 0) is 38.5 Å². The molecule has 0 atom stereocenters. The predicted octanol–water partition coefficient (Wildman–Crippen LogP) is 3.09. The first-order valence-corrected chi connectivity index (χ1v) is 6.64. The van der Waals surface area contributed by atoms with Gasteiger partial charge in [-0.1, -0.05) is 0 Å². The summed E-state index contributed by atoms with van der Waals surface area (Å²) in [5, 5.41) is 0. The van der Waals surface area contributed by atoms with Gasteiger partial charge >= 0.3 is 0 Å². The van der Waals surface area contributed by atoms with Crippen molar-refractivity contribution < 1.29 is 14.2 Å². The molecule has 0 amide bonds. The van der Waals surface area contributed by atoms with Crippen LogP contribution in [0.4, 0.5) is 0 Å². The van der Waals surface area contributed by atoms with Crippen LogP contribution >= 0.6 is 0 Å². The van der Waals surface area contributed by atoms with Crippen LogP contribution in [-0.4, -0.2) is 31.3 Å². The van der Waals surface area contributed by atoms with E-state index in [0.29, 0.717) is 17.2 Å². The van der Waals surface area contributed by atoms with Crippen molar-refractivity contribution in [3.05, 3.63) is 29.2 Å². The SMILES string of the molecule is COc1cc(-c2nc(C)nc(C)c2C)cc(OC)c1OC. The van der Waals surface area contributed by atoms with E-state index in [1.165, 1.54) is 0 Å². The maximum atomic E-state index is 5.39. The minimum absolute atomic E-state index is 0.573. The number of hydrogen-bond acceptors (Lipinski definition) is 5. The van der Waals surface area contributed by atoms with E-state index in [2.05, 4.69) is 9.97 Å². The van der Waals surface area contributed by atoms with Gasteiger partial charge in [0.1, 0.15) is 5.82 Å². The number of aryl methyl sites for hydroxylation is 2. The monoisotopic (exact) mass is 288 g/mol. The Balaban J connectivity index is 2.70. The Morgan fingerprint density at radius 2 is 1.38 bits per heavy atom. The Bertz CT molecular complexity index is 644. The lowest BCUT2D eigenvalue weighted by Gasteiger charge is -2.15. The van der Waals surface area contributed by atoms with Gasteiger partial charge in [0.15, 0.2) is 11.5 Å². The molecular weight excluding hydrogens is 268 g/mol. The fraction of sp³-hybridized carbons (Fsp3) is 0.375. The number of methoxy groups -OCH3 is 3. The van der Waals surface area contributed by atoms with Gasteiger partial charge in [-0.25, -0.2) is 9.97 Å². The number of aromatic nitrogens is 2. The lowest BCUT2D eigenvalue weighted by molar-refractivity contribution is 0.324. The fourth-order valence-electron chi connectivity index (χ4n) is 2.27. The average molecular weight is 288 g/mol. The summed E-state index contributed by atoms with van der Waals surface area (Å²) in [7, 11) is 4.79. The number of benzene rings is 1. The molecule has 1 aromatic heterocycles. The van der Waals surface area contributed by atoms with Crippen LogP contribution in [0.1, 0.15) is 17.1 Å². The molecule has 0 N–H and O–H groups in total. The van der Waals surface area contributed by atoms with E-state index in [9.17, 15) is 0 Å². The molecule has 0 saturated carbocycles. The number of ether oxygens (including phenoxy) is 3. The van der Waals surface area contributed by atoms with E-state index in [4.69, 9.17) is 14.2 Å². The normalized spacial score (nSPS) is 10.4. The summed E-state index contributed by atoms with van der Waals surface area (Å²) in [5.74, 6) is 2.53. The molecule has 2 rings (SSSR count). The van der Waals surface area contributed by atoms with Crippen LogP contribution in [0.3, 0.4) is 0 Å². The van der Waals surface area contributed by atoms with Gasteiger partial charge < -0.3 is 14.2 Å². The van der Waals surface area contributed by atoms with Crippen molar-refractivity contribution in [3.8, 4) is 28.5 Å². The van der Waals surface area contributed by atoms with E-state index in [1.54, 1.807) is 21.3 Å². The smallest absolute Gasteiger partial charge is 0.203 e. The molecule has 0 unspecified atom stereocenters. The highest BCUT2D eigenvalue weighted by Gasteiger charge is 2.16. The summed E-state index contributed by atoms with van der Waals surface area (Å²) in [6.07, 6.45) is 0. The fourth-order valence-corrected chi connectivity index (χ4v) is 2.27. The Kier molecular flexibility index (Phi) is 4.31. The van der Waals surface area contributed by atoms with Gasteiger partial charge in [-0.15, -0.1) is 0 Å². The molecule has 0 fully saturated rings. The maximum absolute atomic E-state index is 5.39. The zero-order chi connectivity index (χ0) is 15.6. The van der Waals surface area contributed by atoms with Crippen LogP contribution in [-0.2, 0) is 0 Å². The van der Waals surface area contributed by atoms with Gasteiger partial charge in [0, 0.05) is 11.3 Å². The summed E-state index contributed by atoms with van der Waals surface area (Å²) in [6.45, 7) is 5.87. The van der Waals surface area contributed by atoms with Gasteiger partial charge in [-0.3, -0.25) is 0 Å². The molecule has 1 aromatic carbocycles. The summed E-state index contributed by atoms with van der Waals surface area (Å²) in [6, 6.07) is 3.80. The molecule has 5 nitrogen and oxygen atoms in total. The minimum atomic E-state index is 0.573. The predicted molar refractivity (Wildman–Crippen MR) is 81.3 cm³/mol. The molecule has 21 heavy (non-hydrogen) atoms. The zero-order valence-electron chi connectivity index (χ0n) is 13.3. The lowest BCUT2D eigenvalue weighted by atomic mass is 10.0. The van der Waals surface area contributed by atoms with E-state index >= 15 is 0 Å². The standard InChI is InChI=1S/C16H20N2O3/c1-9-10(2)17-11(3)18-15(9)12-7-13(19-4)16(21-6)14(8-12)20-5/h7-8H,1-6H3. The highest BCUT2D eigenvalue weighted by Crippen LogP contribution is 2.41. The molecule has 0 aliphatic heterocycles. The highest BCUT2D eigenvalue weighted by atomic mass is 16.5. The molecule has 2 aromatic rings. The molecule has 0 bridgehead atoms. The van der Waals surface area contributed by atoms with Crippen molar-refractivity contribution in [1.29, 1.82) is 0 Å². The van der Waals surface area contributed by atoms with Crippen molar-refractivity contribution >= 4 is 0 Å². The molecule has 0 aliphatic carbocycles. The van der Waals surface area contributed by atoms with Crippen LogP contribution < -0.4 is 14.2 Å². The van der Waals surface area contributed by atoms with Crippen molar-refractivity contribution in [2.24, 2.45) is 0 Å². The first-order valence-electron chi connectivity index (χ1n) is 6.64. The molecule has 5 heteroatoms. The maximum Gasteiger partial charge on any atom is 0.203 e. The minimum Gasteiger partial charge on any atom is -0.493 e. The third kappa shape index (κ3) is 2.77. The third-order valence-corrected chi connectivity index (χ3v) is 3.44. The van der Waals surface area contributed by atoms with Crippen LogP contribution in [0, 0.1) is 20.8 Å². The van der Waals surface area contributed by atoms with Crippen molar-refractivity contribution in [2.75, 3.05) is 21.3 Å². The van der Waals surface area contributed by atoms with Crippen LogP contribution in [0.15, 0.2) is 12.1 Å². The van der Waals surface area contributed by atoms with E-state index in [1.807, 2.05) is 32.9 Å². The van der Waals surface area contributed by atoms with Gasteiger partial charge in [-0.2, -0.15) is 0 Å². The molecule has 0 saturated heterocycles. The number of hydrogen-bond donors (Lipinski definition) is 0. The Morgan fingerprint density at radius 3 is 1.86 bits per heavy atom. The van der Waals surface area contributed by atoms with Gasteiger partial charge in [0.25, 0.3) is 0 Å². The Labute approximate surface area is 124 Å². The molecule has 0 spiro atoms. The first-order chi connectivity index (χ1) is 10.0. The first kappa shape index (κ1) is 15.1. The summed E-state index contributed by atoms with van der Waals surface area (Å²) < 4.78 is 16.1. The van der Waals surface area contributed by atoms with Crippen molar-refractivity contribution in [3.63, 3.8) is 0 Å². The van der Waals surface area contributed by atoms with E-state index in [0.717, 1.165) is 28.3 Å². The Hall–Kier alpha value is -2.30. The second-order valence-corrected chi connectivity index (χ2v) is 4.74. The van der Waals surface area contributed by atoms with Crippen LogP contribution in [0.5, 0.6) is 17.2 Å². The second kappa shape index (κ2) is 5.99. The van der Waals surface area contributed by atoms with Gasteiger partial charge in [0.2, 0.25) is 5.75 Å². The third-order valence-electron chi connectivity index (χ3n) is 3.44. The highest BCUT2D eigenvalue weighted by molar-refractivity contribution is 5.71. The lowest BCUT2D eigenvalue weighted by Crippen LogP contribution is -2.01. The summed E-state index contributed by atoms with van der Waals surface area (Å²) in [4.78, 5) is 8.93. The molecule has 1 heterocycles. The molecule has 0 aliphatic rings. The van der Waals surface area contributed by atoms with Crippen molar-refractivity contribution in [2.45, 2.75) is 20.8 Å². The largest absolute Gasteiger partial charge is 0.493 e. The average Bonchev–Trinajstić information content (AvgIpc) is 2.49. The van der Waals surface area contributed by atoms with E-state index < -0.39 is 0 Å². The quantitative estimate of drug-likeness (QED) is 0.865. The molecule has 0 radical (unpaired) electrons. The van der Waals surface area contributed by atoms with Crippen LogP contribution in [0.25, 0.3) is 11.3 Å². The zero-order valence-corrected chi connectivity index (χ0v) is 13.3. The van der Waals surface area contributed by atoms with Crippen LogP contribution in [0.2, 0.25) is 0 Å². The summed E-state index contributed by atoms with van der Waals surface area (Å²) in [5.41, 5.74) is 3.79. The molecular formula is C16H20N2O3. The Morgan fingerprint density at radius 1 is 0.810 bits per heavy atom. The van der Waals surface area contributed by atoms with Gasteiger partial charge in [0.05, 0.1) is 27.0 Å². The van der Waals surface area contributed by atoms with E-state index in [-0.39, 0.29) is 0 Å². The van der Waals surface area contributed by atoms with Crippen molar-refractivity contribution in [1.82, 2.24) is 9.97 Å². The summed E-state index contributed by atoms with van der Waals surface area (Å²) >= 11 is 0. The number of nitrogens with zero attached hydrogens (tertiary/aromatic N) is 2. The molecule has 112 valence electrons. The number of rotatable bonds is 4. The second-order valence-electron chi connectivity index (χ2n) is 4.74.